The van der Waals surface area contributed by atoms with Crippen molar-refractivity contribution in [3.8, 4) is 0 Å². The maximum absolute atomic E-state index is 10.6. The van der Waals surface area contributed by atoms with Crippen molar-refractivity contribution in [3.63, 3.8) is 0 Å². The number of carboxylic acids is 1. The number of piperidine rings is 1. The van der Waals surface area contributed by atoms with Gasteiger partial charge in [0.1, 0.15) is 0 Å². The number of hydrogen-bond acceptors (Lipinski definition) is 4. The molecule has 0 atom stereocenters. The summed E-state index contributed by atoms with van der Waals surface area (Å²) in [6, 6.07) is 0. The molecule has 0 saturated carbocycles. The molecule has 0 spiro atoms. The van der Waals surface area contributed by atoms with E-state index in [0.717, 1.165) is 58.0 Å². The summed E-state index contributed by atoms with van der Waals surface area (Å²) in [6.07, 6.45) is 2.30. The Morgan fingerprint density at radius 2 is 1.76 bits per heavy atom. The molecule has 0 unspecified atom stereocenters. The second kappa shape index (κ2) is 6.33. The highest BCUT2D eigenvalue weighted by Gasteiger charge is 2.22. The number of rotatable bonds is 4. The number of nitrogens with zero attached hydrogens (tertiary/aromatic N) is 2. The molecule has 2 aliphatic heterocycles. The van der Waals surface area contributed by atoms with Crippen molar-refractivity contribution in [2.45, 2.75) is 12.8 Å². The summed E-state index contributed by atoms with van der Waals surface area (Å²) >= 11 is 0. The quantitative estimate of drug-likeness (QED) is 0.707. The highest BCUT2D eigenvalue weighted by atomic mass is 16.4. The smallest absolute Gasteiger partial charge is 0.317 e. The van der Waals surface area contributed by atoms with Gasteiger partial charge in [-0.3, -0.25) is 9.69 Å². The van der Waals surface area contributed by atoms with Crippen molar-refractivity contribution >= 4 is 5.97 Å². The fourth-order valence-corrected chi connectivity index (χ4v) is 2.78. The van der Waals surface area contributed by atoms with Crippen LogP contribution in [0.5, 0.6) is 0 Å². The third kappa shape index (κ3) is 4.26. The number of hydrogen-bond donors (Lipinski definition) is 2. The van der Waals surface area contributed by atoms with Gasteiger partial charge in [-0.2, -0.15) is 0 Å². The molecule has 2 rings (SSSR count). The van der Waals surface area contributed by atoms with E-state index in [4.69, 9.17) is 5.11 Å². The second-order valence-corrected chi connectivity index (χ2v) is 5.16. The minimum absolute atomic E-state index is 0.209. The fourth-order valence-electron chi connectivity index (χ4n) is 2.78. The van der Waals surface area contributed by atoms with E-state index in [1.54, 1.807) is 0 Å². The highest BCUT2D eigenvalue weighted by molar-refractivity contribution is 5.69. The van der Waals surface area contributed by atoms with Crippen LogP contribution < -0.4 is 5.32 Å². The summed E-state index contributed by atoms with van der Waals surface area (Å²) in [5, 5.41) is 12.1. The number of likely N-dealkylation sites (tertiary alicyclic amines) is 1. The normalized spacial score (nSPS) is 24.9. The van der Waals surface area contributed by atoms with Gasteiger partial charge in [-0.15, -0.1) is 0 Å². The van der Waals surface area contributed by atoms with Crippen LogP contribution in [0, 0.1) is 5.92 Å². The maximum atomic E-state index is 10.6. The minimum Gasteiger partial charge on any atom is -0.480 e. The average molecular weight is 241 g/mol. The van der Waals surface area contributed by atoms with Crippen LogP contribution in [0.25, 0.3) is 0 Å². The first-order valence-corrected chi connectivity index (χ1v) is 6.61. The molecule has 0 aromatic rings. The molecule has 0 aromatic heterocycles. The molecule has 0 radical (unpaired) electrons. The molecular weight excluding hydrogens is 218 g/mol. The Morgan fingerprint density at radius 1 is 1.12 bits per heavy atom. The van der Waals surface area contributed by atoms with Crippen molar-refractivity contribution in [1.29, 1.82) is 0 Å². The summed E-state index contributed by atoms with van der Waals surface area (Å²) in [5.41, 5.74) is 0. The van der Waals surface area contributed by atoms with Gasteiger partial charge in [-0.25, -0.2) is 0 Å². The Kier molecular flexibility index (Phi) is 4.76. The van der Waals surface area contributed by atoms with Gasteiger partial charge in [0.15, 0.2) is 0 Å². The van der Waals surface area contributed by atoms with Gasteiger partial charge in [-0.1, -0.05) is 0 Å². The van der Waals surface area contributed by atoms with E-state index in [1.807, 2.05) is 0 Å². The standard InChI is InChI=1S/C12H23N3O2/c16-12(17)10-14-5-1-11(2-6-14)9-15-7-3-13-4-8-15/h11,13H,1-10H2,(H,16,17). The molecule has 2 aliphatic rings. The van der Waals surface area contributed by atoms with Crippen LogP contribution in [0.1, 0.15) is 12.8 Å². The van der Waals surface area contributed by atoms with E-state index < -0.39 is 5.97 Å². The zero-order valence-electron chi connectivity index (χ0n) is 10.4. The SMILES string of the molecule is O=C(O)CN1CCC(CN2CCNCC2)CC1. The molecular formula is C12H23N3O2. The number of nitrogens with one attached hydrogen (secondary N) is 1. The van der Waals surface area contributed by atoms with E-state index in [-0.39, 0.29) is 6.54 Å². The van der Waals surface area contributed by atoms with E-state index in [0.29, 0.717) is 0 Å². The van der Waals surface area contributed by atoms with Crippen LogP contribution in [-0.2, 0) is 4.79 Å². The van der Waals surface area contributed by atoms with Gasteiger partial charge in [0, 0.05) is 32.7 Å². The van der Waals surface area contributed by atoms with Gasteiger partial charge in [-0.05, 0) is 31.8 Å². The molecule has 5 heteroatoms. The summed E-state index contributed by atoms with van der Waals surface area (Å²) < 4.78 is 0. The van der Waals surface area contributed by atoms with Crippen molar-refractivity contribution in [2.24, 2.45) is 5.92 Å². The third-order valence-electron chi connectivity index (χ3n) is 3.79. The van der Waals surface area contributed by atoms with Gasteiger partial charge < -0.3 is 15.3 Å². The zero-order chi connectivity index (χ0) is 12.1. The van der Waals surface area contributed by atoms with Gasteiger partial charge >= 0.3 is 5.97 Å². The fraction of sp³-hybridized carbons (Fsp3) is 0.917. The predicted octanol–water partition coefficient (Wildman–Crippen LogP) is -0.312. The number of piperazine rings is 1. The van der Waals surface area contributed by atoms with Crippen LogP contribution in [0.2, 0.25) is 0 Å². The lowest BCUT2D eigenvalue weighted by molar-refractivity contribution is -0.138. The van der Waals surface area contributed by atoms with Crippen molar-refractivity contribution < 1.29 is 9.90 Å². The Balaban J connectivity index is 1.66. The monoisotopic (exact) mass is 241 g/mol. The van der Waals surface area contributed by atoms with E-state index in [2.05, 4.69) is 15.1 Å². The van der Waals surface area contributed by atoms with E-state index in [9.17, 15) is 4.79 Å². The number of aliphatic carboxylic acids is 1. The molecule has 0 aliphatic carbocycles. The van der Waals surface area contributed by atoms with Crippen LogP contribution in [-0.4, -0.2) is 73.2 Å². The van der Waals surface area contributed by atoms with Crippen molar-refractivity contribution in [2.75, 3.05) is 52.4 Å². The lowest BCUT2D eigenvalue weighted by Gasteiger charge is -2.35. The van der Waals surface area contributed by atoms with Crippen LogP contribution in [0.15, 0.2) is 0 Å². The predicted molar refractivity (Wildman–Crippen MR) is 66.1 cm³/mol. The zero-order valence-corrected chi connectivity index (χ0v) is 10.4. The molecule has 0 amide bonds. The first-order valence-electron chi connectivity index (χ1n) is 6.61. The number of carbonyl (C=O) groups is 1. The minimum atomic E-state index is -0.703. The van der Waals surface area contributed by atoms with E-state index >= 15 is 0 Å². The van der Waals surface area contributed by atoms with Gasteiger partial charge in [0.25, 0.3) is 0 Å². The molecule has 2 saturated heterocycles. The lowest BCUT2D eigenvalue weighted by Crippen LogP contribution is -2.47. The molecule has 5 nitrogen and oxygen atoms in total. The largest absolute Gasteiger partial charge is 0.480 e. The molecule has 2 N–H and O–H groups in total. The van der Waals surface area contributed by atoms with Crippen molar-refractivity contribution in [1.82, 2.24) is 15.1 Å². The summed E-state index contributed by atoms with van der Waals surface area (Å²) in [7, 11) is 0. The Labute approximate surface area is 103 Å². The molecule has 2 heterocycles. The van der Waals surface area contributed by atoms with E-state index in [1.165, 1.54) is 6.54 Å². The second-order valence-electron chi connectivity index (χ2n) is 5.16. The Hall–Kier alpha value is -0.650. The summed E-state index contributed by atoms with van der Waals surface area (Å²) in [5.74, 6) is 0.0590. The first kappa shape index (κ1) is 12.8. The van der Waals surface area contributed by atoms with Crippen LogP contribution in [0.4, 0.5) is 0 Å². The highest BCUT2D eigenvalue weighted by Crippen LogP contribution is 2.18. The number of carboxylic acid groups (broad SMARTS) is 1. The Bertz CT molecular complexity index is 246. The molecule has 0 bridgehead atoms. The molecule has 98 valence electrons. The molecule has 0 aromatic carbocycles. The van der Waals surface area contributed by atoms with Crippen LogP contribution >= 0.6 is 0 Å². The van der Waals surface area contributed by atoms with Crippen LogP contribution in [0.3, 0.4) is 0 Å². The van der Waals surface area contributed by atoms with Gasteiger partial charge in [0.2, 0.25) is 0 Å². The lowest BCUT2D eigenvalue weighted by atomic mass is 9.96. The Morgan fingerprint density at radius 3 is 2.35 bits per heavy atom. The first-order chi connectivity index (χ1) is 8.24. The third-order valence-corrected chi connectivity index (χ3v) is 3.79. The summed E-state index contributed by atoms with van der Waals surface area (Å²) in [4.78, 5) is 15.2. The molecule has 2 fully saturated rings. The topological polar surface area (TPSA) is 55.8 Å². The maximum Gasteiger partial charge on any atom is 0.317 e. The van der Waals surface area contributed by atoms with Crippen molar-refractivity contribution in [3.05, 3.63) is 0 Å². The van der Waals surface area contributed by atoms with Gasteiger partial charge in [0.05, 0.1) is 6.54 Å². The molecule has 17 heavy (non-hydrogen) atoms. The summed E-state index contributed by atoms with van der Waals surface area (Å²) in [6.45, 7) is 7.84. The average Bonchev–Trinajstić information content (AvgIpc) is 2.32.